The number of aliphatic hydroxyl groups excluding tert-OH is 1. The van der Waals surface area contributed by atoms with Crippen molar-refractivity contribution in [2.24, 2.45) is 22.5 Å². The van der Waals surface area contributed by atoms with Gasteiger partial charge >= 0.3 is 0 Å². The van der Waals surface area contributed by atoms with E-state index in [4.69, 9.17) is 10.5 Å². The van der Waals surface area contributed by atoms with Crippen LogP contribution in [0.1, 0.15) is 53.4 Å². The second-order valence-corrected chi connectivity index (χ2v) is 7.03. The zero-order valence-corrected chi connectivity index (χ0v) is 12.5. The van der Waals surface area contributed by atoms with Crippen molar-refractivity contribution in [3.63, 3.8) is 0 Å². The highest BCUT2D eigenvalue weighted by molar-refractivity contribution is 4.98. The average molecular weight is 257 g/mol. The molecular formula is C15H31NO2. The molecule has 1 fully saturated rings. The lowest BCUT2D eigenvalue weighted by molar-refractivity contribution is -0.101. The molecule has 0 aromatic carbocycles. The average Bonchev–Trinajstić information content (AvgIpc) is 2.30. The van der Waals surface area contributed by atoms with Crippen LogP contribution in [0, 0.1) is 16.7 Å². The molecule has 0 radical (unpaired) electrons. The molecule has 1 saturated carbocycles. The molecule has 2 atom stereocenters. The lowest BCUT2D eigenvalue weighted by Gasteiger charge is -2.49. The van der Waals surface area contributed by atoms with E-state index in [9.17, 15) is 5.11 Å². The highest BCUT2D eigenvalue weighted by Crippen LogP contribution is 2.47. The fraction of sp³-hybridized carbons (Fsp3) is 1.00. The summed E-state index contributed by atoms with van der Waals surface area (Å²) in [7, 11) is 0. The van der Waals surface area contributed by atoms with E-state index >= 15 is 0 Å². The van der Waals surface area contributed by atoms with Crippen LogP contribution in [0.15, 0.2) is 0 Å². The molecule has 3 nitrogen and oxygen atoms in total. The van der Waals surface area contributed by atoms with E-state index in [0.717, 1.165) is 32.3 Å². The second kappa shape index (κ2) is 6.36. The minimum absolute atomic E-state index is 0.0182. The molecule has 1 aliphatic rings. The van der Waals surface area contributed by atoms with Crippen LogP contribution in [0.5, 0.6) is 0 Å². The van der Waals surface area contributed by atoms with Gasteiger partial charge in [0.25, 0.3) is 0 Å². The summed E-state index contributed by atoms with van der Waals surface area (Å²) in [6, 6.07) is 0. The number of aliphatic hydroxyl groups is 1. The first-order valence-electron chi connectivity index (χ1n) is 7.30. The molecule has 108 valence electrons. The van der Waals surface area contributed by atoms with E-state index in [0.29, 0.717) is 19.1 Å². The summed E-state index contributed by atoms with van der Waals surface area (Å²) in [5, 5.41) is 10.6. The maximum Gasteiger partial charge on any atom is 0.0660 e. The molecule has 1 aliphatic carbocycles. The third-order valence-electron chi connectivity index (χ3n) is 4.42. The first kappa shape index (κ1) is 15.9. The molecule has 3 heteroatoms. The minimum Gasteiger partial charge on any atom is -0.392 e. The molecular weight excluding hydrogens is 226 g/mol. The van der Waals surface area contributed by atoms with Crippen molar-refractivity contribution in [1.29, 1.82) is 0 Å². The van der Waals surface area contributed by atoms with Gasteiger partial charge in [-0.1, -0.05) is 34.1 Å². The fourth-order valence-electron chi connectivity index (χ4n) is 3.17. The SMILES string of the molecule is CC(C)COCCC1(CN)CCCC(C)(C)C1O. The van der Waals surface area contributed by atoms with Gasteiger partial charge in [-0.3, -0.25) is 0 Å². The van der Waals surface area contributed by atoms with Gasteiger partial charge in [0.2, 0.25) is 0 Å². The first-order chi connectivity index (χ1) is 8.34. The molecule has 18 heavy (non-hydrogen) atoms. The summed E-state index contributed by atoms with van der Waals surface area (Å²) in [5.74, 6) is 0.562. The van der Waals surface area contributed by atoms with Gasteiger partial charge in [0.15, 0.2) is 0 Å². The Bertz CT molecular complexity index is 253. The molecule has 0 aromatic rings. The van der Waals surface area contributed by atoms with Gasteiger partial charge in [-0.05, 0) is 30.6 Å². The summed E-state index contributed by atoms with van der Waals surface area (Å²) in [6.07, 6.45) is 3.83. The van der Waals surface area contributed by atoms with Crippen LogP contribution in [-0.4, -0.2) is 31.0 Å². The van der Waals surface area contributed by atoms with Crippen LogP contribution in [-0.2, 0) is 4.74 Å². The van der Waals surface area contributed by atoms with E-state index in [1.165, 1.54) is 0 Å². The summed E-state index contributed by atoms with van der Waals surface area (Å²) >= 11 is 0. The Balaban J connectivity index is 2.56. The van der Waals surface area contributed by atoms with Crippen molar-refractivity contribution in [3.8, 4) is 0 Å². The van der Waals surface area contributed by atoms with Gasteiger partial charge < -0.3 is 15.6 Å². The van der Waals surface area contributed by atoms with E-state index in [2.05, 4.69) is 27.7 Å². The second-order valence-electron chi connectivity index (χ2n) is 7.03. The van der Waals surface area contributed by atoms with Crippen LogP contribution < -0.4 is 5.73 Å². The van der Waals surface area contributed by atoms with Gasteiger partial charge in [0, 0.05) is 25.2 Å². The Morgan fingerprint density at radius 1 is 1.33 bits per heavy atom. The summed E-state index contributed by atoms with van der Waals surface area (Å²) < 4.78 is 5.67. The Morgan fingerprint density at radius 2 is 2.00 bits per heavy atom. The van der Waals surface area contributed by atoms with Crippen molar-refractivity contribution in [1.82, 2.24) is 0 Å². The Morgan fingerprint density at radius 3 is 2.56 bits per heavy atom. The number of hydrogen-bond donors (Lipinski definition) is 2. The number of ether oxygens (including phenoxy) is 1. The Kier molecular flexibility index (Phi) is 5.63. The molecule has 0 heterocycles. The maximum atomic E-state index is 10.6. The van der Waals surface area contributed by atoms with Gasteiger partial charge in [0.1, 0.15) is 0 Å². The zero-order valence-electron chi connectivity index (χ0n) is 12.5. The zero-order chi connectivity index (χ0) is 13.8. The Hall–Kier alpha value is -0.120. The monoisotopic (exact) mass is 257 g/mol. The lowest BCUT2D eigenvalue weighted by Crippen LogP contribution is -2.52. The predicted octanol–water partition coefficient (Wildman–Crippen LogP) is 2.57. The molecule has 3 N–H and O–H groups in total. The third-order valence-corrected chi connectivity index (χ3v) is 4.42. The van der Waals surface area contributed by atoms with Gasteiger partial charge in [-0.25, -0.2) is 0 Å². The molecule has 0 bridgehead atoms. The van der Waals surface area contributed by atoms with Gasteiger partial charge in [-0.15, -0.1) is 0 Å². The fourth-order valence-corrected chi connectivity index (χ4v) is 3.17. The van der Waals surface area contributed by atoms with E-state index < -0.39 is 0 Å². The van der Waals surface area contributed by atoms with Crippen LogP contribution in [0.25, 0.3) is 0 Å². The predicted molar refractivity (Wildman–Crippen MR) is 75.4 cm³/mol. The van der Waals surface area contributed by atoms with Crippen molar-refractivity contribution in [2.45, 2.75) is 59.5 Å². The summed E-state index contributed by atoms with van der Waals surface area (Å²) in [4.78, 5) is 0. The van der Waals surface area contributed by atoms with E-state index in [1.807, 2.05) is 0 Å². The van der Waals surface area contributed by atoms with Crippen LogP contribution in [0.3, 0.4) is 0 Å². The van der Waals surface area contributed by atoms with Crippen LogP contribution in [0.4, 0.5) is 0 Å². The van der Waals surface area contributed by atoms with E-state index in [1.54, 1.807) is 0 Å². The van der Waals surface area contributed by atoms with E-state index in [-0.39, 0.29) is 16.9 Å². The minimum atomic E-state index is -0.314. The van der Waals surface area contributed by atoms with Crippen LogP contribution >= 0.6 is 0 Å². The van der Waals surface area contributed by atoms with Crippen LogP contribution in [0.2, 0.25) is 0 Å². The topological polar surface area (TPSA) is 55.5 Å². The summed E-state index contributed by atoms with van der Waals surface area (Å²) in [6.45, 7) is 10.7. The molecule has 0 spiro atoms. The van der Waals surface area contributed by atoms with Crippen molar-refractivity contribution in [2.75, 3.05) is 19.8 Å². The highest BCUT2D eigenvalue weighted by atomic mass is 16.5. The number of hydrogen-bond acceptors (Lipinski definition) is 3. The molecule has 0 amide bonds. The van der Waals surface area contributed by atoms with Crippen molar-refractivity contribution in [3.05, 3.63) is 0 Å². The lowest BCUT2D eigenvalue weighted by atomic mass is 9.60. The normalized spacial score (nSPS) is 31.8. The van der Waals surface area contributed by atoms with Crippen molar-refractivity contribution < 1.29 is 9.84 Å². The quantitative estimate of drug-likeness (QED) is 0.719. The molecule has 2 unspecified atom stereocenters. The largest absolute Gasteiger partial charge is 0.392 e. The highest BCUT2D eigenvalue weighted by Gasteiger charge is 2.47. The van der Waals surface area contributed by atoms with Crippen molar-refractivity contribution >= 4 is 0 Å². The maximum absolute atomic E-state index is 10.6. The van der Waals surface area contributed by atoms with Gasteiger partial charge in [0.05, 0.1) is 6.10 Å². The number of rotatable bonds is 6. The molecule has 0 aromatic heterocycles. The van der Waals surface area contributed by atoms with Gasteiger partial charge in [-0.2, -0.15) is 0 Å². The molecule has 0 aliphatic heterocycles. The number of nitrogens with two attached hydrogens (primary N) is 1. The summed E-state index contributed by atoms with van der Waals surface area (Å²) in [5.41, 5.74) is 5.82. The molecule has 1 rings (SSSR count). The molecule has 0 saturated heterocycles. The first-order valence-corrected chi connectivity index (χ1v) is 7.30. The smallest absolute Gasteiger partial charge is 0.0660 e. The third kappa shape index (κ3) is 3.69. The standard InChI is InChI=1S/C15H31NO2/c1-12(2)10-18-9-8-15(11-16)7-5-6-14(3,4)13(15)17/h12-13,17H,5-11,16H2,1-4H3. The Labute approximate surface area is 112 Å².